The molecule has 0 unspecified atom stereocenters. The van der Waals surface area contributed by atoms with Gasteiger partial charge in [0.05, 0.1) is 39.5 Å². The van der Waals surface area contributed by atoms with Crippen LogP contribution in [0.4, 0.5) is 11.4 Å². The van der Waals surface area contributed by atoms with E-state index in [0.717, 1.165) is 5.69 Å². The van der Waals surface area contributed by atoms with Gasteiger partial charge in [0.1, 0.15) is 0 Å². The highest BCUT2D eigenvalue weighted by Crippen LogP contribution is 2.39. The van der Waals surface area contributed by atoms with Gasteiger partial charge in [0.25, 0.3) is 0 Å². The molecule has 0 saturated carbocycles. The number of nitriles is 1. The molecular weight excluding hydrogens is 322 g/mol. The third-order valence-corrected chi connectivity index (χ3v) is 3.42. The molecular formula is C18H19N3O4. The summed E-state index contributed by atoms with van der Waals surface area (Å²) in [6, 6.07) is 12.2. The van der Waals surface area contributed by atoms with Crippen molar-refractivity contribution in [3.05, 3.63) is 42.0 Å². The summed E-state index contributed by atoms with van der Waals surface area (Å²) in [6.07, 6.45) is 0. The van der Waals surface area contributed by atoms with Crippen LogP contribution < -0.4 is 24.8 Å². The lowest BCUT2D eigenvalue weighted by molar-refractivity contribution is -0.114. The van der Waals surface area contributed by atoms with Crippen molar-refractivity contribution in [1.29, 1.82) is 5.26 Å². The van der Waals surface area contributed by atoms with Gasteiger partial charge in [0.2, 0.25) is 11.7 Å². The average Bonchev–Trinajstić information content (AvgIpc) is 2.65. The molecule has 0 bridgehead atoms. The zero-order valence-electron chi connectivity index (χ0n) is 14.3. The third kappa shape index (κ3) is 4.54. The second-order valence-electron chi connectivity index (χ2n) is 5.00. The predicted molar refractivity (Wildman–Crippen MR) is 94.4 cm³/mol. The molecule has 130 valence electrons. The fourth-order valence-corrected chi connectivity index (χ4v) is 2.20. The van der Waals surface area contributed by atoms with E-state index in [9.17, 15) is 4.79 Å². The molecule has 0 radical (unpaired) electrons. The van der Waals surface area contributed by atoms with Gasteiger partial charge in [-0.15, -0.1) is 0 Å². The highest BCUT2D eigenvalue weighted by molar-refractivity contribution is 5.94. The maximum Gasteiger partial charge on any atom is 0.243 e. The first kappa shape index (κ1) is 17.9. The highest BCUT2D eigenvalue weighted by Gasteiger charge is 2.14. The Hall–Kier alpha value is -3.40. The molecule has 0 aliphatic heterocycles. The first-order chi connectivity index (χ1) is 12.1. The van der Waals surface area contributed by atoms with Crippen LogP contribution in [-0.4, -0.2) is 33.8 Å². The number of anilines is 2. The van der Waals surface area contributed by atoms with Crippen LogP contribution in [0.15, 0.2) is 36.4 Å². The van der Waals surface area contributed by atoms with E-state index in [1.165, 1.54) is 21.3 Å². The summed E-state index contributed by atoms with van der Waals surface area (Å²) >= 11 is 0. The minimum Gasteiger partial charge on any atom is -0.493 e. The van der Waals surface area contributed by atoms with Gasteiger partial charge in [-0.25, -0.2) is 0 Å². The van der Waals surface area contributed by atoms with Crippen LogP contribution in [0.1, 0.15) is 5.56 Å². The van der Waals surface area contributed by atoms with Gasteiger partial charge in [-0.05, 0) is 24.3 Å². The monoisotopic (exact) mass is 341 g/mol. The van der Waals surface area contributed by atoms with Crippen LogP contribution in [0.25, 0.3) is 0 Å². The average molecular weight is 341 g/mol. The van der Waals surface area contributed by atoms with Crippen molar-refractivity contribution in [3.63, 3.8) is 0 Å². The Labute approximate surface area is 146 Å². The number of benzene rings is 2. The molecule has 2 rings (SSSR count). The zero-order chi connectivity index (χ0) is 18.2. The normalized spacial score (nSPS) is 9.68. The number of amides is 1. The molecule has 0 fully saturated rings. The van der Waals surface area contributed by atoms with Gasteiger partial charge in [0, 0.05) is 23.5 Å². The lowest BCUT2D eigenvalue weighted by Gasteiger charge is -2.15. The Balaban J connectivity index is 2.03. The molecule has 0 atom stereocenters. The van der Waals surface area contributed by atoms with E-state index in [4.69, 9.17) is 19.5 Å². The summed E-state index contributed by atoms with van der Waals surface area (Å²) in [6.45, 7) is 0.0720. The van der Waals surface area contributed by atoms with E-state index in [1.54, 1.807) is 36.4 Å². The zero-order valence-corrected chi connectivity index (χ0v) is 14.3. The van der Waals surface area contributed by atoms with Crippen molar-refractivity contribution in [2.24, 2.45) is 0 Å². The molecule has 0 heterocycles. The Morgan fingerprint density at radius 1 is 1.00 bits per heavy atom. The van der Waals surface area contributed by atoms with Crippen molar-refractivity contribution in [2.75, 3.05) is 38.5 Å². The number of hydrogen-bond donors (Lipinski definition) is 2. The van der Waals surface area contributed by atoms with Gasteiger partial charge >= 0.3 is 0 Å². The Kier molecular flexibility index (Phi) is 6.07. The molecule has 7 nitrogen and oxygen atoms in total. The number of hydrogen-bond acceptors (Lipinski definition) is 6. The summed E-state index contributed by atoms with van der Waals surface area (Å²) < 4.78 is 15.8. The van der Waals surface area contributed by atoms with Crippen LogP contribution in [-0.2, 0) is 4.79 Å². The first-order valence-corrected chi connectivity index (χ1v) is 7.45. The van der Waals surface area contributed by atoms with E-state index < -0.39 is 0 Å². The van der Waals surface area contributed by atoms with Gasteiger partial charge in [-0.3, -0.25) is 4.79 Å². The third-order valence-electron chi connectivity index (χ3n) is 3.42. The fourth-order valence-electron chi connectivity index (χ4n) is 2.20. The number of carbonyl (C=O) groups excluding carboxylic acids is 1. The largest absolute Gasteiger partial charge is 0.493 e. The molecule has 2 N–H and O–H groups in total. The molecule has 1 amide bonds. The molecule has 0 aromatic heterocycles. The summed E-state index contributed by atoms with van der Waals surface area (Å²) in [4.78, 5) is 12.1. The van der Waals surface area contributed by atoms with E-state index >= 15 is 0 Å². The second-order valence-corrected chi connectivity index (χ2v) is 5.00. The molecule has 0 spiro atoms. The highest BCUT2D eigenvalue weighted by atomic mass is 16.5. The van der Waals surface area contributed by atoms with Crippen molar-refractivity contribution in [1.82, 2.24) is 0 Å². The van der Waals surface area contributed by atoms with Crippen LogP contribution in [0.3, 0.4) is 0 Å². The number of rotatable bonds is 7. The maximum atomic E-state index is 12.1. The summed E-state index contributed by atoms with van der Waals surface area (Å²) in [5.74, 6) is 1.13. The van der Waals surface area contributed by atoms with E-state index in [2.05, 4.69) is 10.6 Å². The topological polar surface area (TPSA) is 92.6 Å². The standard InChI is InChI=1S/C18H19N3O4/c1-23-15-8-14(9-16(24-2)18(15)25-3)21-17(22)11-20-13-6-4-12(10-19)5-7-13/h4-9,20H,11H2,1-3H3,(H,21,22). The van der Waals surface area contributed by atoms with Gasteiger partial charge in [0.15, 0.2) is 11.5 Å². The minimum atomic E-state index is -0.237. The number of carbonyl (C=O) groups is 1. The van der Waals surface area contributed by atoms with Crippen molar-refractivity contribution in [3.8, 4) is 23.3 Å². The summed E-state index contributed by atoms with van der Waals surface area (Å²) in [7, 11) is 4.53. The number of ether oxygens (including phenoxy) is 3. The SMILES string of the molecule is COc1cc(NC(=O)CNc2ccc(C#N)cc2)cc(OC)c1OC. The molecule has 25 heavy (non-hydrogen) atoms. The Morgan fingerprint density at radius 3 is 2.08 bits per heavy atom. The van der Waals surface area contributed by atoms with Crippen molar-refractivity contribution >= 4 is 17.3 Å². The lowest BCUT2D eigenvalue weighted by atomic mass is 10.2. The van der Waals surface area contributed by atoms with Crippen LogP contribution in [0.5, 0.6) is 17.2 Å². The number of nitrogens with zero attached hydrogens (tertiary/aromatic N) is 1. The smallest absolute Gasteiger partial charge is 0.243 e. The summed E-state index contributed by atoms with van der Waals surface area (Å²) in [5, 5.41) is 14.5. The van der Waals surface area contributed by atoms with E-state index in [1.807, 2.05) is 6.07 Å². The molecule has 7 heteroatoms. The van der Waals surface area contributed by atoms with Crippen LogP contribution >= 0.6 is 0 Å². The fraction of sp³-hybridized carbons (Fsp3) is 0.222. The minimum absolute atomic E-state index is 0.0720. The molecule has 0 saturated heterocycles. The quantitative estimate of drug-likeness (QED) is 0.804. The Morgan fingerprint density at radius 2 is 1.60 bits per heavy atom. The maximum absolute atomic E-state index is 12.1. The van der Waals surface area contributed by atoms with E-state index in [0.29, 0.717) is 28.5 Å². The molecule has 0 aliphatic carbocycles. The van der Waals surface area contributed by atoms with Crippen molar-refractivity contribution < 1.29 is 19.0 Å². The van der Waals surface area contributed by atoms with Gasteiger partial charge in [-0.2, -0.15) is 5.26 Å². The molecule has 2 aromatic rings. The first-order valence-electron chi connectivity index (χ1n) is 7.45. The van der Waals surface area contributed by atoms with Crippen molar-refractivity contribution in [2.45, 2.75) is 0 Å². The lowest BCUT2D eigenvalue weighted by Crippen LogP contribution is -2.21. The molecule has 2 aromatic carbocycles. The molecule has 0 aliphatic rings. The summed E-state index contributed by atoms with van der Waals surface area (Å²) in [5.41, 5.74) is 1.84. The van der Waals surface area contributed by atoms with Crippen LogP contribution in [0.2, 0.25) is 0 Å². The Bertz CT molecular complexity index is 757. The number of nitrogens with one attached hydrogen (secondary N) is 2. The van der Waals surface area contributed by atoms with E-state index in [-0.39, 0.29) is 12.5 Å². The van der Waals surface area contributed by atoms with Crippen LogP contribution in [0, 0.1) is 11.3 Å². The van der Waals surface area contributed by atoms with Gasteiger partial charge in [-0.1, -0.05) is 0 Å². The van der Waals surface area contributed by atoms with Gasteiger partial charge < -0.3 is 24.8 Å². The second kappa shape index (κ2) is 8.45. The number of methoxy groups -OCH3 is 3. The predicted octanol–water partition coefficient (Wildman–Crippen LogP) is 2.63.